The van der Waals surface area contributed by atoms with Crippen molar-refractivity contribution in [2.24, 2.45) is 5.92 Å². The van der Waals surface area contributed by atoms with Crippen molar-refractivity contribution in [1.82, 2.24) is 5.06 Å². The molecular weight excluding hydrogens is 274 g/mol. The summed E-state index contributed by atoms with van der Waals surface area (Å²) in [5.41, 5.74) is 0.750. The molecule has 3 rings (SSSR count). The second-order valence-corrected chi connectivity index (χ2v) is 5.63. The molecule has 0 aromatic heterocycles. The molecule has 2 amide bonds. The van der Waals surface area contributed by atoms with E-state index in [1.54, 1.807) is 24.3 Å². The lowest BCUT2D eigenvalue weighted by atomic mass is 10.1. The van der Waals surface area contributed by atoms with Crippen LogP contribution in [0.1, 0.15) is 34.6 Å². The molecular formula is C15H17NO5. The molecule has 2 heterocycles. The number of rotatable bonds is 3. The lowest BCUT2D eigenvalue weighted by Crippen LogP contribution is -2.42. The number of benzene rings is 1. The molecule has 0 N–H and O–H groups in total. The van der Waals surface area contributed by atoms with Gasteiger partial charge in [-0.25, -0.2) is 0 Å². The number of hydrogen-bond acceptors (Lipinski definition) is 5. The van der Waals surface area contributed by atoms with Crippen LogP contribution in [0, 0.1) is 5.92 Å². The molecule has 1 aromatic carbocycles. The molecule has 0 radical (unpaired) electrons. The van der Waals surface area contributed by atoms with Gasteiger partial charge in [0.15, 0.2) is 5.79 Å². The molecule has 0 bridgehead atoms. The van der Waals surface area contributed by atoms with Gasteiger partial charge >= 0.3 is 0 Å². The molecule has 0 spiro atoms. The summed E-state index contributed by atoms with van der Waals surface area (Å²) in [6.45, 7) is 4.82. The Hall–Kier alpha value is -1.76. The van der Waals surface area contributed by atoms with Crippen molar-refractivity contribution >= 4 is 11.8 Å². The summed E-state index contributed by atoms with van der Waals surface area (Å²) in [5.74, 6) is -1.45. The fraction of sp³-hybridized carbons (Fsp3) is 0.467. The Labute approximate surface area is 122 Å². The highest BCUT2D eigenvalue weighted by Gasteiger charge is 2.37. The zero-order valence-electron chi connectivity index (χ0n) is 12.0. The Morgan fingerprint density at radius 2 is 1.67 bits per heavy atom. The molecule has 1 saturated heterocycles. The molecule has 2 aliphatic heterocycles. The maximum atomic E-state index is 12.1. The van der Waals surface area contributed by atoms with E-state index in [0.29, 0.717) is 24.3 Å². The standard InChI is InChI=1S/C15H17NO5/c1-15(2)19-7-10(8-20-15)9-21-16-13(17)11-5-3-4-6-12(11)14(16)18/h3-6,10H,7-9H2,1-2H3. The largest absolute Gasteiger partial charge is 0.350 e. The number of imide groups is 1. The van der Waals surface area contributed by atoms with Gasteiger partial charge in [0.2, 0.25) is 0 Å². The van der Waals surface area contributed by atoms with Crippen molar-refractivity contribution in [3.63, 3.8) is 0 Å². The summed E-state index contributed by atoms with van der Waals surface area (Å²) in [7, 11) is 0. The van der Waals surface area contributed by atoms with E-state index in [4.69, 9.17) is 14.3 Å². The average Bonchev–Trinajstić information content (AvgIpc) is 2.71. The summed E-state index contributed by atoms with van der Waals surface area (Å²) < 4.78 is 11.0. The minimum absolute atomic E-state index is 0.0117. The molecule has 0 saturated carbocycles. The topological polar surface area (TPSA) is 65.1 Å². The van der Waals surface area contributed by atoms with E-state index in [-0.39, 0.29) is 12.5 Å². The molecule has 1 fully saturated rings. The summed E-state index contributed by atoms with van der Waals surface area (Å²) in [5, 5.41) is 0.824. The Kier molecular flexibility index (Phi) is 3.52. The van der Waals surface area contributed by atoms with Gasteiger partial charge in [0, 0.05) is 5.92 Å². The number of hydrogen-bond donors (Lipinski definition) is 0. The quantitative estimate of drug-likeness (QED) is 0.792. The Balaban J connectivity index is 1.60. The van der Waals surface area contributed by atoms with Crippen LogP contribution in [0.2, 0.25) is 0 Å². The van der Waals surface area contributed by atoms with E-state index in [1.165, 1.54) is 0 Å². The van der Waals surface area contributed by atoms with Crippen molar-refractivity contribution in [2.45, 2.75) is 19.6 Å². The van der Waals surface area contributed by atoms with Gasteiger partial charge < -0.3 is 9.47 Å². The summed E-state index contributed by atoms with van der Waals surface area (Å²) in [6.07, 6.45) is 0. The SMILES string of the molecule is CC1(C)OCC(CON2C(=O)c3ccccc3C2=O)CO1. The van der Waals surface area contributed by atoms with Crippen LogP contribution < -0.4 is 0 Å². The summed E-state index contributed by atoms with van der Waals surface area (Å²) >= 11 is 0. The van der Waals surface area contributed by atoms with Crippen molar-refractivity contribution in [3.8, 4) is 0 Å². The van der Waals surface area contributed by atoms with Crippen LogP contribution in [0.15, 0.2) is 24.3 Å². The number of carbonyl (C=O) groups is 2. The normalized spacial score (nSPS) is 21.7. The highest BCUT2D eigenvalue weighted by molar-refractivity contribution is 6.20. The van der Waals surface area contributed by atoms with E-state index < -0.39 is 17.6 Å². The number of fused-ring (bicyclic) bond motifs is 1. The molecule has 6 heteroatoms. The first kappa shape index (κ1) is 14.2. The Bertz CT molecular complexity index is 538. The Morgan fingerprint density at radius 1 is 1.14 bits per heavy atom. The van der Waals surface area contributed by atoms with Gasteiger partial charge in [0.25, 0.3) is 11.8 Å². The Morgan fingerprint density at radius 3 is 2.19 bits per heavy atom. The zero-order chi connectivity index (χ0) is 15.0. The highest BCUT2D eigenvalue weighted by Crippen LogP contribution is 2.24. The van der Waals surface area contributed by atoms with Crippen LogP contribution in [-0.4, -0.2) is 42.5 Å². The third-order valence-corrected chi connectivity index (χ3v) is 3.53. The van der Waals surface area contributed by atoms with E-state index in [0.717, 1.165) is 5.06 Å². The van der Waals surface area contributed by atoms with Gasteiger partial charge in [-0.15, -0.1) is 5.06 Å². The second-order valence-electron chi connectivity index (χ2n) is 5.63. The van der Waals surface area contributed by atoms with Crippen LogP contribution in [0.4, 0.5) is 0 Å². The van der Waals surface area contributed by atoms with Crippen LogP contribution in [0.25, 0.3) is 0 Å². The van der Waals surface area contributed by atoms with Gasteiger partial charge in [0.05, 0.1) is 30.9 Å². The van der Waals surface area contributed by atoms with Crippen molar-refractivity contribution in [3.05, 3.63) is 35.4 Å². The third-order valence-electron chi connectivity index (χ3n) is 3.53. The second kappa shape index (κ2) is 5.22. The van der Waals surface area contributed by atoms with E-state index in [2.05, 4.69) is 0 Å². The van der Waals surface area contributed by atoms with Crippen LogP contribution in [0.3, 0.4) is 0 Å². The number of nitrogens with zero attached hydrogens (tertiary/aromatic N) is 1. The first-order valence-electron chi connectivity index (χ1n) is 6.86. The molecule has 0 atom stereocenters. The summed E-state index contributed by atoms with van der Waals surface area (Å²) in [4.78, 5) is 29.6. The minimum atomic E-state index is -0.591. The number of amides is 2. The molecule has 0 unspecified atom stereocenters. The van der Waals surface area contributed by atoms with Crippen molar-refractivity contribution in [1.29, 1.82) is 0 Å². The predicted molar refractivity (Wildman–Crippen MR) is 72.4 cm³/mol. The lowest BCUT2D eigenvalue weighted by Gasteiger charge is -2.34. The van der Waals surface area contributed by atoms with Crippen molar-refractivity contribution < 1.29 is 23.9 Å². The summed E-state index contributed by atoms with van der Waals surface area (Å²) in [6, 6.07) is 6.68. The highest BCUT2D eigenvalue weighted by atomic mass is 16.7. The first-order chi connectivity index (χ1) is 9.98. The third kappa shape index (κ3) is 2.70. The fourth-order valence-corrected chi connectivity index (χ4v) is 2.29. The van der Waals surface area contributed by atoms with Crippen LogP contribution in [0.5, 0.6) is 0 Å². The molecule has 2 aliphatic rings. The first-order valence-corrected chi connectivity index (χ1v) is 6.86. The average molecular weight is 291 g/mol. The van der Waals surface area contributed by atoms with Crippen LogP contribution in [-0.2, 0) is 14.3 Å². The van der Waals surface area contributed by atoms with E-state index >= 15 is 0 Å². The zero-order valence-corrected chi connectivity index (χ0v) is 12.0. The van der Waals surface area contributed by atoms with Gasteiger partial charge in [-0.3, -0.25) is 14.4 Å². The van der Waals surface area contributed by atoms with E-state index in [9.17, 15) is 9.59 Å². The smallest absolute Gasteiger partial charge is 0.285 e. The fourth-order valence-electron chi connectivity index (χ4n) is 2.29. The lowest BCUT2D eigenvalue weighted by molar-refractivity contribution is -0.271. The predicted octanol–water partition coefficient (Wildman–Crippen LogP) is 1.61. The molecule has 1 aromatic rings. The van der Waals surface area contributed by atoms with E-state index in [1.807, 2.05) is 13.8 Å². The minimum Gasteiger partial charge on any atom is -0.350 e. The number of carbonyl (C=O) groups excluding carboxylic acids is 2. The van der Waals surface area contributed by atoms with Gasteiger partial charge in [-0.2, -0.15) is 0 Å². The van der Waals surface area contributed by atoms with Gasteiger partial charge in [0.1, 0.15) is 0 Å². The van der Waals surface area contributed by atoms with Crippen LogP contribution >= 0.6 is 0 Å². The monoisotopic (exact) mass is 291 g/mol. The van der Waals surface area contributed by atoms with Gasteiger partial charge in [-0.05, 0) is 26.0 Å². The van der Waals surface area contributed by atoms with Crippen molar-refractivity contribution in [2.75, 3.05) is 19.8 Å². The maximum Gasteiger partial charge on any atom is 0.285 e. The molecule has 0 aliphatic carbocycles. The number of hydroxylamine groups is 2. The molecule has 112 valence electrons. The molecule has 6 nitrogen and oxygen atoms in total. The maximum absolute atomic E-state index is 12.1. The molecule has 21 heavy (non-hydrogen) atoms. The van der Waals surface area contributed by atoms with Gasteiger partial charge in [-0.1, -0.05) is 12.1 Å². The number of ether oxygens (including phenoxy) is 2.